The molecule has 0 radical (unpaired) electrons. The second-order valence-electron chi connectivity index (χ2n) is 9.70. The second-order valence-corrected chi connectivity index (χ2v) is 9.70. The molecule has 0 amide bonds. The fraction of sp³-hybridized carbons (Fsp3) is 0.931. The van der Waals surface area contributed by atoms with Gasteiger partial charge >= 0.3 is 0 Å². The Labute approximate surface area is 192 Å². The van der Waals surface area contributed by atoms with Crippen LogP contribution in [0.5, 0.6) is 0 Å². The number of nitrogens with two attached hydrogens (primary N) is 1. The van der Waals surface area contributed by atoms with Crippen LogP contribution in [0.4, 0.5) is 0 Å². The van der Waals surface area contributed by atoms with Gasteiger partial charge in [0.1, 0.15) is 0 Å². The first-order valence-corrected chi connectivity index (χ1v) is 14.3. The third-order valence-electron chi connectivity index (χ3n) is 6.61. The van der Waals surface area contributed by atoms with Crippen molar-refractivity contribution in [2.45, 2.75) is 174 Å². The highest BCUT2D eigenvalue weighted by molar-refractivity contribution is 4.74. The van der Waals surface area contributed by atoms with Crippen LogP contribution in [-0.2, 0) is 0 Å². The van der Waals surface area contributed by atoms with E-state index in [9.17, 15) is 0 Å². The summed E-state index contributed by atoms with van der Waals surface area (Å²) in [6.07, 6.45) is 41.3. The van der Waals surface area contributed by atoms with E-state index in [1.54, 1.807) is 6.20 Å². The first kappa shape index (κ1) is 29.5. The largest absolute Gasteiger partial charge is 0.405 e. The molecule has 0 aliphatic rings. The number of hydrogen-bond acceptors (Lipinski definition) is 1. The van der Waals surface area contributed by atoms with Gasteiger partial charge < -0.3 is 5.73 Å². The van der Waals surface area contributed by atoms with E-state index in [0.717, 1.165) is 6.42 Å². The zero-order valence-corrected chi connectivity index (χ0v) is 21.1. The van der Waals surface area contributed by atoms with Crippen LogP contribution < -0.4 is 5.73 Å². The lowest BCUT2D eigenvalue weighted by Crippen LogP contribution is -1.84. The highest BCUT2D eigenvalue weighted by Gasteiger charge is 1.96. The molecule has 1 heteroatoms. The maximum absolute atomic E-state index is 5.35. The monoisotopic (exact) mass is 421 g/mol. The molecule has 0 atom stereocenters. The van der Waals surface area contributed by atoms with E-state index in [1.807, 2.05) is 0 Å². The van der Waals surface area contributed by atoms with Gasteiger partial charge in [0.15, 0.2) is 0 Å². The van der Waals surface area contributed by atoms with Crippen LogP contribution in [0.15, 0.2) is 12.3 Å². The maximum Gasteiger partial charge on any atom is -0.0103 e. The summed E-state index contributed by atoms with van der Waals surface area (Å²) in [4.78, 5) is 0. The van der Waals surface area contributed by atoms with Crippen molar-refractivity contribution in [3.8, 4) is 0 Å². The molecule has 0 aliphatic carbocycles. The smallest absolute Gasteiger partial charge is 0.0103 e. The summed E-state index contributed by atoms with van der Waals surface area (Å²) >= 11 is 0. The zero-order valence-electron chi connectivity index (χ0n) is 21.1. The van der Waals surface area contributed by atoms with Crippen molar-refractivity contribution in [3.63, 3.8) is 0 Å². The van der Waals surface area contributed by atoms with Crippen molar-refractivity contribution >= 4 is 0 Å². The molecule has 0 bridgehead atoms. The van der Waals surface area contributed by atoms with Gasteiger partial charge in [-0.25, -0.2) is 0 Å². The van der Waals surface area contributed by atoms with Gasteiger partial charge in [0.25, 0.3) is 0 Å². The molecule has 0 heterocycles. The van der Waals surface area contributed by atoms with Gasteiger partial charge in [-0.3, -0.25) is 0 Å². The fourth-order valence-electron chi connectivity index (χ4n) is 4.50. The van der Waals surface area contributed by atoms with Gasteiger partial charge in [-0.1, -0.05) is 167 Å². The predicted octanol–water partition coefficient (Wildman–Crippen LogP) is 10.6. The second kappa shape index (κ2) is 28.5. The third kappa shape index (κ3) is 27.5. The highest BCUT2D eigenvalue weighted by atomic mass is 14.5. The van der Waals surface area contributed by atoms with Crippen LogP contribution in [0.2, 0.25) is 0 Å². The standard InChI is InChI=1S/C29H59N/c1-2-3-4-5-6-7-8-9-10-11-12-13-14-15-16-17-18-19-20-21-22-23-24-25-26-27-28-29-30/h28-29H,2-27,30H2,1H3/b29-28+. The topological polar surface area (TPSA) is 26.0 Å². The van der Waals surface area contributed by atoms with Crippen LogP contribution in [0, 0.1) is 0 Å². The lowest BCUT2D eigenvalue weighted by Gasteiger charge is -2.04. The first-order valence-electron chi connectivity index (χ1n) is 14.3. The molecular weight excluding hydrogens is 362 g/mol. The Morgan fingerprint density at radius 1 is 0.367 bits per heavy atom. The Morgan fingerprint density at radius 2 is 0.600 bits per heavy atom. The summed E-state index contributed by atoms with van der Waals surface area (Å²) in [7, 11) is 0. The lowest BCUT2D eigenvalue weighted by molar-refractivity contribution is 0.516. The Balaban J connectivity index is 2.99. The van der Waals surface area contributed by atoms with E-state index in [-0.39, 0.29) is 0 Å². The van der Waals surface area contributed by atoms with Crippen molar-refractivity contribution < 1.29 is 0 Å². The molecule has 0 unspecified atom stereocenters. The molecule has 0 saturated heterocycles. The van der Waals surface area contributed by atoms with Crippen LogP contribution in [0.1, 0.15) is 174 Å². The molecule has 0 aromatic heterocycles. The van der Waals surface area contributed by atoms with E-state index in [2.05, 4.69) is 13.0 Å². The molecule has 0 aromatic rings. The predicted molar refractivity (Wildman–Crippen MR) is 139 cm³/mol. The van der Waals surface area contributed by atoms with Gasteiger partial charge in [0.05, 0.1) is 0 Å². The third-order valence-corrected chi connectivity index (χ3v) is 6.61. The Bertz CT molecular complexity index is 309. The van der Waals surface area contributed by atoms with E-state index in [4.69, 9.17) is 5.73 Å². The summed E-state index contributed by atoms with van der Waals surface area (Å²) in [6, 6.07) is 0. The molecule has 0 fully saturated rings. The molecule has 180 valence electrons. The molecule has 0 aliphatic heterocycles. The zero-order chi connectivity index (χ0) is 21.8. The van der Waals surface area contributed by atoms with Gasteiger partial charge in [0, 0.05) is 0 Å². The Morgan fingerprint density at radius 3 is 0.833 bits per heavy atom. The van der Waals surface area contributed by atoms with Crippen molar-refractivity contribution in [1.29, 1.82) is 0 Å². The molecule has 0 saturated carbocycles. The Hall–Kier alpha value is -0.460. The fourth-order valence-corrected chi connectivity index (χ4v) is 4.50. The summed E-state index contributed by atoms with van der Waals surface area (Å²) in [5, 5.41) is 0. The highest BCUT2D eigenvalue weighted by Crippen LogP contribution is 2.15. The lowest BCUT2D eigenvalue weighted by atomic mass is 10.0. The minimum atomic E-state index is 1.16. The molecule has 0 rings (SSSR count). The van der Waals surface area contributed by atoms with Crippen LogP contribution in [0.3, 0.4) is 0 Å². The molecule has 2 N–H and O–H groups in total. The van der Waals surface area contributed by atoms with Gasteiger partial charge in [-0.05, 0) is 19.0 Å². The van der Waals surface area contributed by atoms with E-state index >= 15 is 0 Å². The van der Waals surface area contributed by atoms with Crippen LogP contribution >= 0.6 is 0 Å². The molecule has 1 nitrogen and oxygen atoms in total. The van der Waals surface area contributed by atoms with Crippen molar-refractivity contribution in [2.75, 3.05) is 0 Å². The van der Waals surface area contributed by atoms with Crippen LogP contribution in [-0.4, -0.2) is 0 Å². The number of rotatable bonds is 26. The van der Waals surface area contributed by atoms with Gasteiger partial charge in [-0.15, -0.1) is 0 Å². The maximum atomic E-state index is 5.35. The average Bonchev–Trinajstić information content (AvgIpc) is 2.76. The molecular formula is C29H59N. The van der Waals surface area contributed by atoms with Crippen molar-refractivity contribution in [2.24, 2.45) is 5.73 Å². The minimum Gasteiger partial charge on any atom is -0.405 e. The molecule has 0 aromatic carbocycles. The van der Waals surface area contributed by atoms with Crippen LogP contribution in [0.25, 0.3) is 0 Å². The minimum absolute atomic E-state index is 1.16. The van der Waals surface area contributed by atoms with E-state index < -0.39 is 0 Å². The molecule has 30 heavy (non-hydrogen) atoms. The Kier molecular flexibility index (Phi) is 28.1. The van der Waals surface area contributed by atoms with Gasteiger partial charge in [0.2, 0.25) is 0 Å². The number of unbranched alkanes of at least 4 members (excludes halogenated alkanes) is 25. The first-order chi connectivity index (χ1) is 14.9. The quantitative estimate of drug-likeness (QED) is 0.138. The summed E-state index contributed by atoms with van der Waals surface area (Å²) in [6.45, 7) is 2.30. The van der Waals surface area contributed by atoms with E-state index in [0.29, 0.717) is 0 Å². The van der Waals surface area contributed by atoms with E-state index in [1.165, 1.54) is 161 Å². The summed E-state index contributed by atoms with van der Waals surface area (Å²) in [5.41, 5.74) is 5.35. The van der Waals surface area contributed by atoms with Crippen molar-refractivity contribution in [3.05, 3.63) is 12.3 Å². The summed E-state index contributed by atoms with van der Waals surface area (Å²) < 4.78 is 0. The SMILES string of the molecule is CCCCCCCCCCCCCCCCCCCCCCCCCCC/C=C/N. The normalized spacial score (nSPS) is 11.6. The number of hydrogen-bond donors (Lipinski definition) is 1. The molecule has 0 spiro atoms. The van der Waals surface area contributed by atoms with Crippen molar-refractivity contribution in [1.82, 2.24) is 0 Å². The van der Waals surface area contributed by atoms with Gasteiger partial charge in [-0.2, -0.15) is 0 Å². The average molecular weight is 422 g/mol. The summed E-state index contributed by atoms with van der Waals surface area (Å²) in [5.74, 6) is 0. The number of allylic oxidation sites excluding steroid dienone is 1.